The van der Waals surface area contributed by atoms with Crippen LogP contribution in [0.15, 0.2) is 160 Å². The largest absolute Gasteiger partial charge is 0.455 e. The smallest absolute Gasteiger partial charge is 0.167 e. The second kappa shape index (κ2) is 11.5. The summed E-state index contributed by atoms with van der Waals surface area (Å²) in [5.74, 6) is 2.36. The lowest BCUT2D eigenvalue weighted by Gasteiger charge is -2.44. The van der Waals surface area contributed by atoms with Crippen LogP contribution < -0.4 is 0 Å². The van der Waals surface area contributed by atoms with Gasteiger partial charge in [0.2, 0.25) is 0 Å². The van der Waals surface area contributed by atoms with Gasteiger partial charge in [0.15, 0.2) is 17.2 Å². The monoisotopic (exact) mass is 762 g/mol. The lowest BCUT2D eigenvalue weighted by atomic mass is 9.60. The molecule has 6 bridgehead atoms. The van der Waals surface area contributed by atoms with Crippen molar-refractivity contribution in [3.05, 3.63) is 168 Å². The predicted molar refractivity (Wildman–Crippen MR) is 237 cm³/mol. The average molecular weight is 763 g/mol. The number of aromatic nitrogens is 4. The third-order valence-electron chi connectivity index (χ3n) is 13.7. The number of rotatable bonds is 2. The van der Waals surface area contributed by atoms with E-state index in [-0.39, 0.29) is 17.8 Å². The number of hydrogen-bond acceptors (Lipinski definition) is 5. The maximum Gasteiger partial charge on any atom is 0.167 e. The highest BCUT2D eigenvalue weighted by Gasteiger charge is 2.47. The second-order valence-electron chi connectivity index (χ2n) is 16.9. The van der Waals surface area contributed by atoms with Gasteiger partial charge in [0.25, 0.3) is 0 Å². The van der Waals surface area contributed by atoms with Crippen LogP contribution in [-0.4, -0.2) is 19.5 Å². The van der Waals surface area contributed by atoms with Gasteiger partial charge in [0, 0.05) is 55.6 Å². The van der Waals surface area contributed by atoms with Crippen LogP contribution in [0.1, 0.15) is 56.6 Å². The Morgan fingerprint density at radius 2 is 1.27 bits per heavy atom. The van der Waals surface area contributed by atoms with Crippen LogP contribution in [0.2, 0.25) is 0 Å². The summed E-state index contributed by atoms with van der Waals surface area (Å²) in [6, 6.07) is 45.0. The summed E-state index contributed by atoms with van der Waals surface area (Å²) in [4.78, 5) is 16.0. The molecule has 2 aliphatic carbocycles. The third kappa shape index (κ3) is 4.28. The molecule has 0 fully saturated rings. The first-order valence-corrected chi connectivity index (χ1v) is 20.7. The molecule has 3 aliphatic rings. The maximum absolute atomic E-state index is 7.13. The molecule has 10 aromatic rings. The van der Waals surface area contributed by atoms with Gasteiger partial charge < -0.3 is 13.4 Å². The summed E-state index contributed by atoms with van der Waals surface area (Å²) < 4.78 is 16.2. The molecule has 4 atom stereocenters. The highest BCUT2D eigenvalue weighted by Crippen LogP contribution is 2.58. The summed E-state index contributed by atoms with van der Waals surface area (Å²) in [7, 11) is 0. The van der Waals surface area contributed by atoms with Crippen molar-refractivity contribution in [3.8, 4) is 39.6 Å². The quantitative estimate of drug-likeness (QED) is 0.164. The van der Waals surface area contributed by atoms with E-state index in [0.29, 0.717) is 11.6 Å². The van der Waals surface area contributed by atoms with E-state index >= 15 is 0 Å². The Morgan fingerprint density at radius 3 is 2.12 bits per heavy atom. The van der Waals surface area contributed by atoms with Gasteiger partial charge in [-0.05, 0) is 59.9 Å². The number of fused-ring (bicyclic) bond motifs is 12. The molecule has 6 nitrogen and oxygen atoms in total. The summed E-state index contributed by atoms with van der Waals surface area (Å²) in [5.41, 5.74) is 14.5. The van der Waals surface area contributed by atoms with E-state index in [9.17, 15) is 0 Å². The molecule has 0 saturated carbocycles. The normalized spacial score (nSPS) is 20.6. The van der Waals surface area contributed by atoms with Crippen molar-refractivity contribution >= 4 is 54.8 Å². The maximum atomic E-state index is 7.13. The molecular formula is C53H38N4O2. The molecule has 59 heavy (non-hydrogen) atoms. The fourth-order valence-electron chi connectivity index (χ4n) is 11.1. The van der Waals surface area contributed by atoms with Gasteiger partial charge >= 0.3 is 0 Å². The summed E-state index contributed by atoms with van der Waals surface area (Å²) >= 11 is 0. The summed E-state index contributed by atoms with van der Waals surface area (Å²) in [6.07, 6.45) is 4.74. The van der Waals surface area contributed by atoms with Gasteiger partial charge in [-0.3, -0.25) is 0 Å². The van der Waals surface area contributed by atoms with Crippen LogP contribution >= 0.6 is 0 Å². The van der Waals surface area contributed by atoms with Crippen molar-refractivity contribution in [2.45, 2.75) is 44.9 Å². The summed E-state index contributed by atoms with van der Waals surface area (Å²) in [6.45, 7) is 9.47. The Labute approximate surface area is 340 Å². The van der Waals surface area contributed by atoms with Crippen LogP contribution in [0.5, 0.6) is 0 Å². The molecule has 0 saturated heterocycles. The van der Waals surface area contributed by atoms with Crippen molar-refractivity contribution in [1.82, 2.24) is 19.5 Å². The van der Waals surface area contributed by atoms with Gasteiger partial charge in [-0.2, -0.15) is 0 Å². The molecule has 0 radical (unpaired) electrons. The lowest BCUT2D eigenvalue weighted by molar-refractivity contribution is 0.512. The first-order chi connectivity index (χ1) is 28.9. The first kappa shape index (κ1) is 33.0. The Bertz CT molecular complexity index is 3530. The Kier molecular flexibility index (Phi) is 6.45. The van der Waals surface area contributed by atoms with Crippen molar-refractivity contribution < 1.29 is 8.83 Å². The fraction of sp³-hybridized carbons (Fsp3) is 0.151. The lowest BCUT2D eigenvalue weighted by Crippen LogP contribution is -2.37. The van der Waals surface area contributed by atoms with Gasteiger partial charge in [0.05, 0.1) is 22.2 Å². The number of allylic oxidation sites excluding steroid dienone is 4. The number of hydrogen-bond donors (Lipinski definition) is 0. The molecule has 282 valence electrons. The second-order valence-corrected chi connectivity index (χ2v) is 16.9. The van der Waals surface area contributed by atoms with Gasteiger partial charge in [-0.1, -0.05) is 136 Å². The van der Waals surface area contributed by atoms with Gasteiger partial charge in [-0.15, -0.1) is 0 Å². The van der Waals surface area contributed by atoms with Crippen molar-refractivity contribution in [2.24, 2.45) is 5.92 Å². The SMILES string of the molecule is CC1C=CC2(C)C3=C1C(C)c1c(n(c4ccc(-c5cccc6c5oc5ccccc56)cc14)-c1cccc4c1oc1c(cccc14)-c1nc(-c4ccccc4)nc2n1)C3C. The van der Waals surface area contributed by atoms with Crippen LogP contribution in [0, 0.1) is 5.92 Å². The van der Waals surface area contributed by atoms with E-state index in [2.05, 4.69) is 148 Å². The van der Waals surface area contributed by atoms with Crippen LogP contribution in [0.25, 0.3) is 94.4 Å². The molecular weight excluding hydrogens is 725 g/mol. The van der Waals surface area contributed by atoms with Gasteiger partial charge in [0.1, 0.15) is 22.6 Å². The number of furan rings is 2. The Balaban J connectivity index is 1.17. The number of benzene rings is 6. The topological polar surface area (TPSA) is 69.9 Å². The molecule has 6 heteroatoms. The van der Waals surface area contributed by atoms with Gasteiger partial charge in [-0.25, -0.2) is 15.0 Å². The minimum Gasteiger partial charge on any atom is -0.455 e. The molecule has 1 aliphatic heterocycles. The van der Waals surface area contributed by atoms with Crippen molar-refractivity contribution in [1.29, 1.82) is 0 Å². The Hall–Kier alpha value is -7.05. The zero-order valence-electron chi connectivity index (χ0n) is 33.1. The van der Waals surface area contributed by atoms with Crippen LogP contribution in [-0.2, 0) is 5.41 Å². The molecule has 5 heterocycles. The van der Waals surface area contributed by atoms with E-state index in [1.807, 2.05) is 24.3 Å². The van der Waals surface area contributed by atoms with Crippen LogP contribution in [0.4, 0.5) is 0 Å². The molecule has 13 rings (SSSR count). The first-order valence-electron chi connectivity index (χ1n) is 20.7. The predicted octanol–water partition coefficient (Wildman–Crippen LogP) is 13.6. The summed E-state index contributed by atoms with van der Waals surface area (Å²) in [5, 5.41) is 5.61. The zero-order chi connectivity index (χ0) is 39.3. The van der Waals surface area contributed by atoms with E-state index < -0.39 is 5.41 Å². The molecule has 0 spiro atoms. The van der Waals surface area contributed by atoms with Crippen LogP contribution in [0.3, 0.4) is 0 Å². The average Bonchev–Trinajstić information content (AvgIpc) is 3.96. The molecule has 4 aromatic heterocycles. The zero-order valence-corrected chi connectivity index (χ0v) is 33.1. The third-order valence-corrected chi connectivity index (χ3v) is 13.7. The Morgan fingerprint density at radius 1 is 0.576 bits per heavy atom. The molecule has 0 N–H and O–H groups in total. The van der Waals surface area contributed by atoms with Crippen molar-refractivity contribution in [2.75, 3.05) is 0 Å². The standard InChI is InChI=1S/C53H38N4O2/c1-28-25-26-53(4)45-30(3)46-44(29(2)43(28)45)39-27-32(33-16-10-17-35-34-15-8-9-22-42(34)58-47(33)35)23-24-40(39)57(46)41-21-12-19-37-36-18-11-20-38(48(36)59-49(37)41)51-54-50(55-52(53)56-51)31-13-6-5-7-14-31/h5-30H,1-4H3. The van der Waals surface area contributed by atoms with E-state index in [1.165, 1.54) is 27.8 Å². The highest BCUT2D eigenvalue weighted by molar-refractivity contribution is 6.12. The van der Waals surface area contributed by atoms with E-state index in [4.69, 9.17) is 23.8 Å². The van der Waals surface area contributed by atoms with E-state index in [1.54, 1.807) is 0 Å². The molecule has 6 aromatic carbocycles. The fourth-order valence-corrected chi connectivity index (χ4v) is 11.1. The number of para-hydroxylation sites is 4. The van der Waals surface area contributed by atoms with E-state index in [0.717, 1.165) is 83.2 Å². The molecule has 0 amide bonds. The number of nitrogens with zero attached hydrogens (tertiary/aromatic N) is 4. The molecule has 4 unspecified atom stereocenters. The minimum absolute atomic E-state index is 0.0105. The highest BCUT2D eigenvalue weighted by atomic mass is 16.3. The van der Waals surface area contributed by atoms with Crippen molar-refractivity contribution in [3.63, 3.8) is 0 Å². The minimum atomic E-state index is -0.612.